The summed E-state index contributed by atoms with van der Waals surface area (Å²) in [5.41, 5.74) is 7.13. The predicted octanol–water partition coefficient (Wildman–Crippen LogP) is 6.12. The third kappa shape index (κ3) is 4.08. The molecule has 0 aliphatic heterocycles. The fourth-order valence-corrected chi connectivity index (χ4v) is 4.14. The number of anilines is 1. The number of para-hydroxylation sites is 2. The molecular formula is C24H17ClN4OS. The number of fused-ring (bicyclic) bond motifs is 1. The highest BCUT2D eigenvalue weighted by molar-refractivity contribution is 7.07. The number of rotatable bonds is 5. The van der Waals surface area contributed by atoms with Crippen molar-refractivity contribution < 1.29 is 4.79 Å². The molecule has 2 aromatic heterocycles. The Labute approximate surface area is 188 Å². The van der Waals surface area contributed by atoms with Gasteiger partial charge in [0.25, 0.3) is 0 Å². The van der Waals surface area contributed by atoms with E-state index in [4.69, 9.17) is 11.6 Å². The Hall–Kier alpha value is -3.48. The summed E-state index contributed by atoms with van der Waals surface area (Å²) in [5, 5.41) is 5.62. The molecule has 7 heteroatoms. The molecule has 0 atom stereocenters. The van der Waals surface area contributed by atoms with Crippen LogP contribution in [0, 0.1) is 0 Å². The van der Waals surface area contributed by atoms with E-state index in [2.05, 4.69) is 15.3 Å². The average molecular weight is 445 g/mol. The Balaban J connectivity index is 1.37. The van der Waals surface area contributed by atoms with Gasteiger partial charge < -0.3 is 9.88 Å². The lowest BCUT2D eigenvalue weighted by molar-refractivity contribution is -0.116. The first-order chi connectivity index (χ1) is 15.2. The lowest BCUT2D eigenvalue weighted by Gasteiger charge is -2.10. The first-order valence-electron chi connectivity index (χ1n) is 9.67. The van der Waals surface area contributed by atoms with Gasteiger partial charge in [0.1, 0.15) is 12.2 Å². The number of aromatic nitrogens is 3. The van der Waals surface area contributed by atoms with Crippen molar-refractivity contribution in [3.8, 4) is 22.6 Å². The van der Waals surface area contributed by atoms with Crippen molar-refractivity contribution in [2.45, 2.75) is 6.54 Å². The Morgan fingerprint density at radius 2 is 1.68 bits per heavy atom. The zero-order valence-electron chi connectivity index (χ0n) is 16.3. The number of thiazole rings is 1. The van der Waals surface area contributed by atoms with Gasteiger partial charge in [0, 0.05) is 16.1 Å². The summed E-state index contributed by atoms with van der Waals surface area (Å²) in [5.74, 6) is 0.564. The smallest absolute Gasteiger partial charge is 0.244 e. The first-order valence-corrected chi connectivity index (χ1v) is 11.0. The molecule has 2 heterocycles. The molecule has 31 heavy (non-hydrogen) atoms. The van der Waals surface area contributed by atoms with Gasteiger partial charge in [0.15, 0.2) is 5.82 Å². The molecule has 0 spiro atoms. The number of hydrogen-bond acceptors (Lipinski definition) is 4. The van der Waals surface area contributed by atoms with Crippen LogP contribution < -0.4 is 5.32 Å². The van der Waals surface area contributed by atoms with E-state index in [0.717, 1.165) is 33.5 Å². The van der Waals surface area contributed by atoms with E-state index in [1.54, 1.807) is 5.51 Å². The predicted molar refractivity (Wildman–Crippen MR) is 126 cm³/mol. The van der Waals surface area contributed by atoms with Gasteiger partial charge in [-0.1, -0.05) is 48.0 Å². The van der Waals surface area contributed by atoms with Crippen LogP contribution in [0.5, 0.6) is 0 Å². The van der Waals surface area contributed by atoms with Gasteiger partial charge in [0.05, 0.1) is 16.5 Å². The van der Waals surface area contributed by atoms with E-state index >= 15 is 0 Å². The van der Waals surface area contributed by atoms with Gasteiger partial charge in [-0.3, -0.25) is 4.79 Å². The molecule has 0 saturated heterocycles. The third-order valence-corrected chi connectivity index (χ3v) is 5.80. The number of benzene rings is 3. The zero-order valence-corrected chi connectivity index (χ0v) is 17.9. The minimum Gasteiger partial charge on any atom is -0.325 e. The number of carbonyl (C=O) groups excluding carboxylic acids is 1. The van der Waals surface area contributed by atoms with E-state index in [0.29, 0.717) is 10.8 Å². The van der Waals surface area contributed by atoms with Gasteiger partial charge in [-0.15, -0.1) is 11.3 Å². The first kappa shape index (κ1) is 19.5. The van der Waals surface area contributed by atoms with Crippen molar-refractivity contribution >= 4 is 45.6 Å². The van der Waals surface area contributed by atoms with Crippen molar-refractivity contribution in [2.24, 2.45) is 0 Å². The summed E-state index contributed by atoms with van der Waals surface area (Å²) in [6.07, 6.45) is 0. The summed E-state index contributed by atoms with van der Waals surface area (Å²) in [6, 6.07) is 23.2. The number of imidazole rings is 1. The molecule has 1 amide bonds. The van der Waals surface area contributed by atoms with Gasteiger partial charge in [-0.2, -0.15) is 0 Å². The fourth-order valence-electron chi connectivity index (χ4n) is 3.49. The van der Waals surface area contributed by atoms with Crippen molar-refractivity contribution in [2.75, 3.05) is 5.32 Å². The van der Waals surface area contributed by atoms with Crippen molar-refractivity contribution in [1.82, 2.24) is 14.5 Å². The number of nitrogens with zero attached hydrogens (tertiary/aromatic N) is 3. The van der Waals surface area contributed by atoms with Crippen molar-refractivity contribution in [3.05, 3.63) is 88.7 Å². The topological polar surface area (TPSA) is 59.8 Å². The lowest BCUT2D eigenvalue weighted by Crippen LogP contribution is -2.19. The largest absolute Gasteiger partial charge is 0.325 e. The molecule has 0 fully saturated rings. The normalized spacial score (nSPS) is 11.0. The quantitative estimate of drug-likeness (QED) is 0.355. The second-order valence-electron chi connectivity index (χ2n) is 7.02. The molecule has 0 aliphatic rings. The highest BCUT2D eigenvalue weighted by Gasteiger charge is 2.16. The monoisotopic (exact) mass is 444 g/mol. The maximum atomic E-state index is 12.8. The van der Waals surface area contributed by atoms with Crippen LogP contribution in [-0.2, 0) is 11.3 Å². The van der Waals surface area contributed by atoms with Crippen LogP contribution in [0.15, 0.2) is 83.7 Å². The van der Waals surface area contributed by atoms with Crippen LogP contribution >= 0.6 is 22.9 Å². The van der Waals surface area contributed by atoms with Crippen molar-refractivity contribution in [3.63, 3.8) is 0 Å². The maximum absolute atomic E-state index is 12.8. The van der Waals surface area contributed by atoms with Crippen molar-refractivity contribution in [1.29, 1.82) is 0 Å². The SMILES string of the molecule is O=C(Cn1c(-c2cscn2)nc2ccccc21)Nc1ccc(-c2ccc(Cl)cc2)cc1. The minimum absolute atomic E-state index is 0.126. The molecule has 3 aromatic carbocycles. The van der Waals surface area contributed by atoms with Gasteiger partial charge in [0.2, 0.25) is 5.91 Å². The molecule has 0 saturated carbocycles. The van der Waals surface area contributed by atoms with Crippen LogP contribution in [0.1, 0.15) is 0 Å². The van der Waals surface area contributed by atoms with Crippen LogP contribution in [0.3, 0.4) is 0 Å². The van der Waals surface area contributed by atoms with E-state index in [9.17, 15) is 4.79 Å². The molecule has 1 N–H and O–H groups in total. The van der Waals surface area contributed by atoms with Crippen LogP contribution in [0.4, 0.5) is 5.69 Å². The van der Waals surface area contributed by atoms with E-state index in [1.165, 1.54) is 11.3 Å². The van der Waals surface area contributed by atoms with E-state index in [1.807, 2.05) is 82.7 Å². The second kappa shape index (κ2) is 8.34. The fraction of sp³-hybridized carbons (Fsp3) is 0.0417. The summed E-state index contributed by atoms with van der Waals surface area (Å²) in [6.45, 7) is 0.145. The molecule has 152 valence electrons. The van der Waals surface area contributed by atoms with Gasteiger partial charge in [-0.25, -0.2) is 9.97 Å². The average Bonchev–Trinajstić information content (AvgIpc) is 3.43. The van der Waals surface area contributed by atoms with Crippen LogP contribution in [0.2, 0.25) is 5.02 Å². The zero-order chi connectivity index (χ0) is 21.2. The summed E-state index contributed by atoms with van der Waals surface area (Å²) in [7, 11) is 0. The van der Waals surface area contributed by atoms with Gasteiger partial charge in [-0.05, 0) is 47.5 Å². The number of nitrogens with one attached hydrogen (secondary N) is 1. The highest BCUT2D eigenvalue weighted by Crippen LogP contribution is 2.26. The second-order valence-corrected chi connectivity index (χ2v) is 8.17. The summed E-state index contributed by atoms with van der Waals surface area (Å²) in [4.78, 5) is 21.9. The number of amides is 1. The molecule has 5 aromatic rings. The lowest BCUT2D eigenvalue weighted by atomic mass is 10.1. The number of hydrogen-bond donors (Lipinski definition) is 1. The Morgan fingerprint density at radius 3 is 2.39 bits per heavy atom. The molecule has 0 aliphatic carbocycles. The summed E-state index contributed by atoms with van der Waals surface area (Å²) < 4.78 is 1.90. The van der Waals surface area contributed by atoms with Gasteiger partial charge >= 0.3 is 0 Å². The Morgan fingerprint density at radius 1 is 0.968 bits per heavy atom. The molecule has 0 bridgehead atoms. The van der Waals surface area contributed by atoms with Crippen LogP contribution in [0.25, 0.3) is 33.7 Å². The third-order valence-electron chi connectivity index (χ3n) is 4.96. The van der Waals surface area contributed by atoms with E-state index in [-0.39, 0.29) is 12.5 Å². The molecule has 0 unspecified atom stereocenters. The highest BCUT2D eigenvalue weighted by atomic mass is 35.5. The van der Waals surface area contributed by atoms with E-state index < -0.39 is 0 Å². The molecule has 5 nitrogen and oxygen atoms in total. The van der Waals surface area contributed by atoms with Crippen LogP contribution in [-0.4, -0.2) is 20.4 Å². The Bertz CT molecular complexity index is 1340. The number of carbonyl (C=O) groups is 1. The molecular weight excluding hydrogens is 428 g/mol. The maximum Gasteiger partial charge on any atom is 0.244 e. The standard InChI is InChI=1S/C24H17ClN4OS/c25-18-9-5-16(6-10-18)17-7-11-19(12-8-17)27-23(30)13-29-22-4-2-1-3-20(22)28-24(29)21-14-31-15-26-21/h1-12,14-15H,13H2,(H,27,30). The summed E-state index contributed by atoms with van der Waals surface area (Å²) >= 11 is 7.47. The molecule has 5 rings (SSSR count). The molecule has 0 radical (unpaired) electrons. The Kier molecular flexibility index (Phi) is 5.24. The number of halogens is 1. The minimum atomic E-state index is -0.126.